The van der Waals surface area contributed by atoms with Gasteiger partial charge in [0.2, 0.25) is 0 Å². The van der Waals surface area contributed by atoms with Crippen molar-refractivity contribution in [2.75, 3.05) is 19.8 Å². The summed E-state index contributed by atoms with van der Waals surface area (Å²) in [6.45, 7) is 8.50. The van der Waals surface area contributed by atoms with Gasteiger partial charge < -0.3 is 0 Å². The second-order valence-electron chi connectivity index (χ2n) is 5.06. The summed E-state index contributed by atoms with van der Waals surface area (Å²) in [5, 5.41) is 0. The molecule has 0 amide bonds. The maximum atomic E-state index is 12.3. The van der Waals surface area contributed by atoms with Gasteiger partial charge in [0.05, 0.1) is 19.8 Å². The summed E-state index contributed by atoms with van der Waals surface area (Å²) in [4.78, 5) is 0. The van der Waals surface area contributed by atoms with Crippen molar-refractivity contribution in [3.63, 3.8) is 0 Å². The molecule has 2 rings (SSSR count). The minimum absolute atomic E-state index is 0.168. The molecule has 2 atom stereocenters. The topological polar surface area (TPSA) is 44.8 Å². The van der Waals surface area contributed by atoms with Gasteiger partial charge in [-0.2, -0.15) is 0 Å². The summed E-state index contributed by atoms with van der Waals surface area (Å²) in [5.74, 6) is 0.539. The van der Waals surface area contributed by atoms with Crippen LogP contribution in [0.2, 0.25) is 0 Å². The van der Waals surface area contributed by atoms with Crippen LogP contribution in [-0.4, -0.2) is 19.8 Å². The molecule has 1 saturated carbocycles. The molecule has 116 valence electrons. The highest BCUT2D eigenvalue weighted by molar-refractivity contribution is 7.48. The summed E-state index contributed by atoms with van der Waals surface area (Å²) >= 11 is 0. The van der Waals surface area contributed by atoms with Crippen LogP contribution in [0.25, 0.3) is 0 Å². The predicted molar refractivity (Wildman–Crippen MR) is 83.2 cm³/mol. The van der Waals surface area contributed by atoms with E-state index in [0.717, 1.165) is 12.0 Å². The van der Waals surface area contributed by atoms with Crippen molar-refractivity contribution < 1.29 is 18.1 Å². The van der Waals surface area contributed by atoms with Crippen molar-refractivity contribution in [2.45, 2.75) is 26.2 Å². The first-order chi connectivity index (χ1) is 10.1. The first-order valence-corrected chi connectivity index (χ1v) is 8.82. The summed E-state index contributed by atoms with van der Waals surface area (Å²) < 4.78 is 28.1. The molecule has 1 aromatic rings. The fourth-order valence-corrected chi connectivity index (χ4v) is 3.78. The Labute approximate surface area is 126 Å². The zero-order valence-electron chi connectivity index (χ0n) is 12.7. The lowest BCUT2D eigenvalue weighted by Crippen LogP contribution is -2.30. The Bertz CT molecular complexity index is 504. The van der Waals surface area contributed by atoms with Gasteiger partial charge >= 0.3 is 7.82 Å². The van der Waals surface area contributed by atoms with Crippen LogP contribution in [0.1, 0.15) is 31.7 Å². The van der Waals surface area contributed by atoms with Crippen molar-refractivity contribution in [3.8, 4) is 0 Å². The number of phosphoric acid groups is 1. The smallest absolute Gasteiger partial charge is 0.287 e. The molecule has 0 saturated heterocycles. The van der Waals surface area contributed by atoms with Crippen LogP contribution in [0.15, 0.2) is 42.5 Å². The normalized spacial score (nSPS) is 22.1. The Morgan fingerprint density at radius 3 is 2.29 bits per heavy atom. The number of phosphoric ester groups is 1. The third kappa shape index (κ3) is 4.04. The van der Waals surface area contributed by atoms with E-state index in [1.165, 1.54) is 5.56 Å². The molecule has 1 fully saturated rings. The van der Waals surface area contributed by atoms with Crippen molar-refractivity contribution in [1.29, 1.82) is 0 Å². The molecule has 0 aromatic heterocycles. The van der Waals surface area contributed by atoms with Gasteiger partial charge in [-0.05, 0) is 31.7 Å². The minimum atomic E-state index is -3.44. The van der Waals surface area contributed by atoms with E-state index in [2.05, 4.69) is 18.7 Å². The molecular formula is C16H23O4P. The summed E-state index contributed by atoms with van der Waals surface area (Å²) in [6.07, 6.45) is 0.950. The standard InChI is InChI=1S/C16H23O4P/c1-4-18-21(17,19-5-2)20-12-16-13(3)11-15(16)14-9-7-6-8-10-14/h6-10,15-16H,3-5,11-12H2,1-2H3/t15-,16+/m1/s1. The Kier molecular flexibility index (Phi) is 5.77. The lowest BCUT2D eigenvalue weighted by Gasteiger charge is -2.39. The molecule has 0 radical (unpaired) electrons. The van der Waals surface area contributed by atoms with Gasteiger partial charge in [0.25, 0.3) is 0 Å². The Morgan fingerprint density at radius 2 is 1.76 bits per heavy atom. The van der Waals surface area contributed by atoms with E-state index in [1.54, 1.807) is 13.8 Å². The molecule has 0 spiro atoms. The third-order valence-electron chi connectivity index (χ3n) is 3.71. The fraction of sp³-hybridized carbons (Fsp3) is 0.500. The van der Waals surface area contributed by atoms with Gasteiger partial charge in [-0.1, -0.05) is 42.5 Å². The average Bonchev–Trinajstić information content (AvgIpc) is 2.46. The first-order valence-electron chi connectivity index (χ1n) is 7.36. The fourth-order valence-electron chi connectivity index (χ4n) is 2.58. The van der Waals surface area contributed by atoms with Crippen molar-refractivity contribution >= 4 is 7.82 Å². The maximum absolute atomic E-state index is 12.3. The van der Waals surface area contributed by atoms with Gasteiger partial charge in [-0.25, -0.2) is 4.57 Å². The predicted octanol–water partition coefficient (Wildman–Crippen LogP) is 4.54. The first kappa shape index (κ1) is 16.4. The molecule has 4 nitrogen and oxygen atoms in total. The molecule has 0 N–H and O–H groups in total. The second-order valence-corrected chi connectivity index (χ2v) is 6.73. The zero-order chi connectivity index (χ0) is 15.3. The van der Waals surface area contributed by atoms with Crippen LogP contribution in [0.4, 0.5) is 0 Å². The van der Waals surface area contributed by atoms with Crippen LogP contribution < -0.4 is 0 Å². The average molecular weight is 310 g/mol. The minimum Gasteiger partial charge on any atom is -0.287 e. The van der Waals surface area contributed by atoms with Gasteiger partial charge in [-0.15, -0.1) is 0 Å². The molecule has 1 aliphatic rings. The molecule has 0 bridgehead atoms. The maximum Gasteiger partial charge on any atom is 0.474 e. The molecular weight excluding hydrogens is 287 g/mol. The van der Waals surface area contributed by atoms with E-state index in [-0.39, 0.29) is 5.92 Å². The van der Waals surface area contributed by atoms with Crippen molar-refractivity contribution in [1.82, 2.24) is 0 Å². The molecule has 1 aromatic carbocycles. The van der Waals surface area contributed by atoms with E-state index < -0.39 is 7.82 Å². The van der Waals surface area contributed by atoms with Gasteiger partial charge in [0.15, 0.2) is 0 Å². The third-order valence-corrected chi connectivity index (χ3v) is 5.32. The van der Waals surface area contributed by atoms with Crippen LogP contribution in [0.5, 0.6) is 0 Å². The Balaban J connectivity index is 1.98. The van der Waals surface area contributed by atoms with Crippen LogP contribution in [-0.2, 0) is 18.1 Å². The van der Waals surface area contributed by atoms with Crippen LogP contribution in [0, 0.1) is 5.92 Å². The lowest BCUT2D eigenvalue weighted by molar-refractivity contribution is 0.0991. The van der Waals surface area contributed by atoms with Crippen molar-refractivity contribution in [2.24, 2.45) is 5.92 Å². The highest BCUT2D eigenvalue weighted by Crippen LogP contribution is 2.53. The number of rotatable bonds is 8. The summed E-state index contributed by atoms with van der Waals surface area (Å²) in [6, 6.07) is 10.3. The van der Waals surface area contributed by atoms with Crippen molar-refractivity contribution in [3.05, 3.63) is 48.0 Å². The van der Waals surface area contributed by atoms with Crippen LogP contribution >= 0.6 is 7.82 Å². The molecule has 0 aliphatic heterocycles. The number of hydrogen-bond acceptors (Lipinski definition) is 4. The molecule has 0 unspecified atom stereocenters. The highest BCUT2D eigenvalue weighted by Gasteiger charge is 2.38. The van der Waals surface area contributed by atoms with E-state index in [4.69, 9.17) is 13.6 Å². The Morgan fingerprint density at radius 1 is 1.14 bits per heavy atom. The number of hydrogen-bond donors (Lipinski definition) is 0. The van der Waals surface area contributed by atoms with Gasteiger partial charge in [0.1, 0.15) is 0 Å². The number of benzene rings is 1. The quantitative estimate of drug-likeness (QED) is 0.522. The SMILES string of the molecule is C=C1C[C@H](c2ccccc2)[C@H]1COP(=O)(OCC)OCC. The highest BCUT2D eigenvalue weighted by atomic mass is 31.2. The van der Waals surface area contributed by atoms with E-state index in [1.807, 2.05) is 18.2 Å². The summed E-state index contributed by atoms with van der Waals surface area (Å²) in [7, 11) is -3.44. The van der Waals surface area contributed by atoms with Gasteiger partial charge in [-0.3, -0.25) is 13.6 Å². The second kappa shape index (κ2) is 7.37. The molecule has 0 heterocycles. The Hall–Kier alpha value is -0.930. The molecule has 21 heavy (non-hydrogen) atoms. The monoisotopic (exact) mass is 310 g/mol. The lowest BCUT2D eigenvalue weighted by atomic mass is 9.67. The molecule has 5 heteroatoms. The van der Waals surface area contributed by atoms with E-state index >= 15 is 0 Å². The van der Waals surface area contributed by atoms with E-state index in [9.17, 15) is 4.57 Å². The van der Waals surface area contributed by atoms with E-state index in [0.29, 0.717) is 25.7 Å². The molecule has 1 aliphatic carbocycles. The summed E-state index contributed by atoms with van der Waals surface area (Å²) in [5.41, 5.74) is 2.39. The zero-order valence-corrected chi connectivity index (χ0v) is 13.6. The van der Waals surface area contributed by atoms with Crippen LogP contribution in [0.3, 0.4) is 0 Å². The van der Waals surface area contributed by atoms with Gasteiger partial charge in [0, 0.05) is 5.92 Å². The largest absolute Gasteiger partial charge is 0.474 e.